The summed E-state index contributed by atoms with van der Waals surface area (Å²) in [7, 11) is 0. The molecule has 1 atom stereocenters. The van der Waals surface area contributed by atoms with Crippen molar-refractivity contribution in [3.8, 4) is 0 Å². The van der Waals surface area contributed by atoms with Gasteiger partial charge in [0.15, 0.2) is 0 Å². The largest absolute Gasteiger partial charge is 0.351 e. The van der Waals surface area contributed by atoms with Gasteiger partial charge in [-0.25, -0.2) is 4.98 Å². The molecular formula is C15H19N3O2S. The zero-order valence-corrected chi connectivity index (χ0v) is 13.2. The highest BCUT2D eigenvalue weighted by Crippen LogP contribution is 2.30. The van der Waals surface area contributed by atoms with Gasteiger partial charge in [0.2, 0.25) is 5.76 Å². The molecule has 1 aliphatic heterocycles. The SMILES string of the molecule is CCc1csc(C2CCCN(C(=O)c3cc(C)no3)C2)n1. The van der Waals surface area contributed by atoms with Crippen LogP contribution < -0.4 is 0 Å². The Kier molecular flexibility index (Phi) is 4.05. The third kappa shape index (κ3) is 3.00. The van der Waals surface area contributed by atoms with Gasteiger partial charge in [-0.05, 0) is 26.2 Å². The number of piperidine rings is 1. The van der Waals surface area contributed by atoms with Crippen LogP contribution >= 0.6 is 11.3 Å². The highest BCUT2D eigenvalue weighted by Gasteiger charge is 2.28. The average Bonchev–Trinajstić information content (AvgIpc) is 3.15. The minimum Gasteiger partial charge on any atom is -0.351 e. The van der Waals surface area contributed by atoms with E-state index in [1.165, 1.54) is 0 Å². The molecule has 0 bridgehead atoms. The van der Waals surface area contributed by atoms with Crippen molar-refractivity contribution in [2.45, 2.75) is 39.0 Å². The van der Waals surface area contributed by atoms with E-state index in [1.807, 2.05) is 11.8 Å². The van der Waals surface area contributed by atoms with Crippen LogP contribution in [0.15, 0.2) is 16.0 Å². The van der Waals surface area contributed by atoms with E-state index < -0.39 is 0 Å². The third-order valence-electron chi connectivity index (χ3n) is 3.83. The highest BCUT2D eigenvalue weighted by molar-refractivity contribution is 7.09. The Labute approximate surface area is 128 Å². The number of carbonyl (C=O) groups is 1. The van der Waals surface area contributed by atoms with Gasteiger partial charge in [-0.1, -0.05) is 12.1 Å². The van der Waals surface area contributed by atoms with Crippen molar-refractivity contribution in [2.24, 2.45) is 0 Å². The number of hydrogen-bond acceptors (Lipinski definition) is 5. The molecule has 0 aliphatic carbocycles. The van der Waals surface area contributed by atoms with Gasteiger partial charge < -0.3 is 9.42 Å². The molecule has 1 unspecified atom stereocenters. The Morgan fingerprint density at radius 2 is 2.43 bits per heavy atom. The normalized spacial score (nSPS) is 19.0. The summed E-state index contributed by atoms with van der Waals surface area (Å²) < 4.78 is 5.09. The summed E-state index contributed by atoms with van der Waals surface area (Å²) in [6.45, 7) is 5.43. The smallest absolute Gasteiger partial charge is 0.292 e. The molecule has 1 aliphatic rings. The fourth-order valence-corrected chi connectivity index (χ4v) is 3.69. The summed E-state index contributed by atoms with van der Waals surface area (Å²) in [5, 5.41) is 7.06. The van der Waals surface area contributed by atoms with Crippen LogP contribution in [0.25, 0.3) is 0 Å². The van der Waals surface area contributed by atoms with Crippen LogP contribution in [-0.4, -0.2) is 34.0 Å². The average molecular weight is 305 g/mol. The standard InChI is InChI=1S/C15H19N3O2S/c1-3-12-9-21-14(16-12)11-5-4-6-18(8-11)15(19)13-7-10(2)17-20-13/h7,9,11H,3-6,8H2,1-2H3. The topological polar surface area (TPSA) is 59.2 Å². The molecule has 2 aromatic heterocycles. The second-order valence-corrected chi connectivity index (χ2v) is 6.34. The molecule has 6 heteroatoms. The molecule has 21 heavy (non-hydrogen) atoms. The lowest BCUT2D eigenvalue weighted by molar-refractivity contribution is 0.0665. The van der Waals surface area contributed by atoms with E-state index in [-0.39, 0.29) is 5.91 Å². The lowest BCUT2D eigenvalue weighted by atomic mass is 9.98. The molecule has 0 N–H and O–H groups in total. The molecule has 0 spiro atoms. The Morgan fingerprint density at radius 3 is 3.10 bits per heavy atom. The zero-order valence-electron chi connectivity index (χ0n) is 12.3. The van der Waals surface area contributed by atoms with Crippen LogP contribution in [0.4, 0.5) is 0 Å². The molecule has 3 heterocycles. The van der Waals surface area contributed by atoms with Gasteiger partial charge in [0.25, 0.3) is 5.91 Å². The quantitative estimate of drug-likeness (QED) is 0.874. The molecule has 5 nitrogen and oxygen atoms in total. The summed E-state index contributed by atoms with van der Waals surface area (Å²) in [6, 6.07) is 1.70. The van der Waals surface area contributed by atoms with Crippen molar-refractivity contribution >= 4 is 17.2 Å². The fourth-order valence-electron chi connectivity index (χ4n) is 2.66. The Morgan fingerprint density at radius 1 is 1.57 bits per heavy atom. The van der Waals surface area contributed by atoms with Crippen molar-refractivity contribution < 1.29 is 9.32 Å². The van der Waals surface area contributed by atoms with E-state index in [1.54, 1.807) is 17.4 Å². The Balaban J connectivity index is 1.72. The van der Waals surface area contributed by atoms with E-state index >= 15 is 0 Å². The predicted molar refractivity (Wildman–Crippen MR) is 80.6 cm³/mol. The molecule has 0 radical (unpaired) electrons. The van der Waals surface area contributed by atoms with Crippen LogP contribution in [0, 0.1) is 6.92 Å². The number of amides is 1. The number of aromatic nitrogens is 2. The minimum absolute atomic E-state index is 0.0624. The van der Waals surface area contributed by atoms with E-state index in [4.69, 9.17) is 4.52 Å². The first kappa shape index (κ1) is 14.3. The first-order chi connectivity index (χ1) is 10.2. The molecule has 1 fully saturated rings. The highest BCUT2D eigenvalue weighted by atomic mass is 32.1. The zero-order chi connectivity index (χ0) is 14.8. The summed E-state index contributed by atoms with van der Waals surface area (Å²) in [6.07, 6.45) is 3.06. The fraction of sp³-hybridized carbons (Fsp3) is 0.533. The molecule has 0 aromatic carbocycles. The van der Waals surface area contributed by atoms with Gasteiger partial charge in [-0.15, -0.1) is 11.3 Å². The van der Waals surface area contributed by atoms with Crippen molar-refractivity contribution in [3.63, 3.8) is 0 Å². The molecule has 1 amide bonds. The predicted octanol–water partition coefficient (Wildman–Crippen LogP) is 3.02. The van der Waals surface area contributed by atoms with E-state index in [0.717, 1.165) is 48.7 Å². The number of likely N-dealkylation sites (tertiary alicyclic amines) is 1. The minimum atomic E-state index is -0.0624. The second-order valence-electron chi connectivity index (χ2n) is 5.45. The van der Waals surface area contributed by atoms with Gasteiger partial charge in [0.05, 0.1) is 16.4 Å². The lowest BCUT2D eigenvalue weighted by Crippen LogP contribution is -2.39. The summed E-state index contributed by atoms with van der Waals surface area (Å²) in [5.41, 5.74) is 1.88. The van der Waals surface area contributed by atoms with Crippen LogP contribution in [-0.2, 0) is 6.42 Å². The lowest BCUT2D eigenvalue weighted by Gasteiger charge is -2.31. The molecule has 2 aromatic rings. The summed E-state index contributed by atoms with van der Waals surface area (Å²) in [5.74, 6) is 0.617. The molecule has 3 rings (SSSR count). The van der Waals surface area contributed by atoms with Crippen LogP contribution in [0.5, 0.6) is 0 Å². The van der Waals surface area contributed by atoms with Crippen LogP contribution in [0.3, 0.4) is 0 Å². The van der Waals surface area contributed by atoms with E-state index in [0.29, 0.717) is 11.7 Å². The van der Waals surface area contributed by atoms with Gasteiger partial charge in [-0.3, -0.25) is 4.79 Å². The van der Waals surface area contributed by atoms with Crippen molar-refractivity contribution in [3.05, 3.63) is 33.6 Å². The number of thiazole rings is 1. The molecule has 0 saturated carbocycles. The van der Waals surface area contributed by atoms with Crippen LogP contribution in [0.2, 0.25) is 0 Å². The van der Waals surface area contributed by atoms with Gasteiger partial charge in [0.1, 0.15) is 0 Å². The third-order valence-corrected chi connectivity index (χ3v) is 4.88. The van der Waals surface area contributed by atoms with E-state index in [9.17, 15) is 4.79 Å². The van der Waals surface area contributed by atoms with Gasteiger partial charge in [-0.2, -0.15) is 0 Å². The maximum atomic E-state index is 12.4. The number of hydrogen-bond donors (Lipinski definition) is 0. The van der Waals surface area contributed by atoms with Crippen LogP contribution in [0.1, 0.15) is 52.6 Å². The first-order valence-corrected chi connectivity index (χ1v) is 8.22. The summed E-state index contributed by atoms with van der Waals surface area (Å²) in [4.78, 5) is 19.0. The maximum Gasteiger partial charge on any atom is 0.292 e. The van der Waals surface area contributed by atoms with Crippen molar-refractivity contribution in [1.29, 1.82) is 0 Å². The van der Waals surface area contributed by atoms with Crippen molar-refractivity contribution in [2.75, 3.05) is 13.1 Å². The molecule has 1 saturated heterocycles. The maximum absolute atomic E-state index is 12.4. The van der Waals surface area contributed by atoms with Gasteiger partial charge in [0, 0.05) is 30.5 Å². The number of nitrogens with zero attached hydrogens (tertiary/aromatic N) is 3. The number of aryl methyl sites for hydroxylation is 2. The Hall–Kier alpha value is -1.69. The molecule has 112 valence electrons. The number of rotatable bonds is 3. The monoisotopic (exact) mass is 305 g/mol. The Bertz CT molecular complexity index is 634. The molecular weight excluding hydrogens is 286 g/mol. The number of carbonyl (C=O) groups excluding carboxylic acids is 1. The summed E-state index contributed by atoms with van der Waals surface area (Å²) >= 11 is 1.71. The van der Waals surface area contributed by atoms with Gasteiger partial charge >= 0.3 is 0 Å². The second kappa shape index (κ2) is 5.97. The van der Waals surface area contributed by atoms with E-state index in [2.05, 4.69) is 22.4 Å². The first-order valence-electron chi connectivity index (χ1n) is 7.34. The van der Waals surface area contributed by atoms with Crippen molar-refractivity contribution in [1.82, 2.24) is 15.0 Å².